The minimum absolute atomic E-state index is 0.0909. The van der Waals surface area contributed by atoms with Crippen molar-refractivity contribution in [3.05, 3.63) is 90.0 Å². The van der Waals surface area contributed by atoms with Crippen LogP contribution >= 0.6 is 0 Å². The van der Waals surface area contributed by atoms with Crippen LogP contribution in [0.25, 0.3) is 27.7 Å². The van der Waals surface area contributed by atoms with Crippen molar-refractivity contribution in [1.29, 1.82) is 0 Å². The summed E-state index contributed by atoms with van der Waals surface area (Å²) in [6.45, 7) is 0. The number of benzene rings is 2. The van der Waals surface area contributed by atoms with Gasteiger partial charge >= 0.3 is 5.97 Å². The third-order valence-corrected chi connectivity index (χ3v) is 6.76. The van der Waals surface area contributed by atoms with E-state index in [1.165, 1.54) is 12.1 Å². The number of H-pyrrole nitrogens is 1. The molecule has 2 aromatic carbocycles. The van der Waals surface area contributed by atoms with Gasteiger partial charge in [-0.1, -0.05) is 36.4 Å². The topological polar surface area (TPSA) is 87.2 Å². The normalized spacial score (nSPS) is 16.5. The Bertz CT molecular complexity index is 1410. The number of fused-ring (bicyclic) bond motifs is 1. The Balaban J connectivity index is 1.35. The molecule has 6 nitrogen and oxygen atoms in total. The molecule has 3 N–H and O–H groups in total. The first kappa shape index (κ1) is 23.8. The molecule has 2 aromatic heterocycles. The van der Waals surface area contributed by atoms with Crippen LogP contribution < -0.4 is 10.1 Å². The maximum atomic E-state index is 14.0. The number of carboxylic acids is 1. The number of carbonyl (C=O) groups is 1. The maximum Gasteiger partial charge on any atom is 0.321 e. The van der Waals surface area contributed by atoms with Crippen LogP contribution in [0.1, 0.15) is 30.5 Å². The van der Waals surface area contributed by atoms with Crippen LogP contribution in [0.15, 0.2) is 72.9 Å². The second-order valence-electron chi connectivity index (χ2n) is 9.10. The molecule has 0 amide bonds. The van der Waals surface area contributed by atoms with Crippen LogP contribution in [0.5, 0.6) is 5.75 Å². The molecule has 5 rings (SSSR count). The number of allylic oxidation sites excluding steroid dienone is 1. The zero-order valence-corrected chi connectivity index (χ0v) is 20.0. The number of halogens is 1. The van der Waals surface area contributed by atoms with E-state index in [0.717, 1.165) is 52.7 Å². The molecule has 184 valence electrons. The van der Waals surface area contributed by atoms with Gasteiger partial charge in [-0.25, -0.2) is 9.37 Å². The van der Waals surface area contributed by atoms with Gasteiger partial charge in [0.2, 0.25) is 0 Å². The summed E-state index contributed by atoms with van der Waals surface area (Å²) in [4.78, 5) is 19.7. The van der Waals surface area contributed by atoms with Gasteiger partial charge < -0.3 is 20.1 Å². The molecule has 2 heterocycles. The summed E-state index contributed by atoms with van der Waals surface area (Å²) in [7, 11) is 1.57. The van der Waals surface area contributed by atoms with E-state index in [4.69, 9.17) is 4.74 Å². The highest BCUT2D eigenvalue weighted by Crippen LogP contribution is 2.37. The van der Waals surface area contributed by atoms with E-state index in [0.29, 0.717) is 17.7 Å². The lowest BCUT2D eigenvalue weighted by Crippen LogP contribution is -2.45. The maximum absolute atomic E-state index is 14.0. The van der Waals surface area contributed by atoms with Crippen molar-refractivity contribution < 1.29 is 19.0 Å². The second-order valence-corrected chi connectivity index (χ2v) is 9.10. The van der Waals surface area contributed by atoms with Gasteiger partial charge in [0.1, 0.15) is 23.3 Å². The van der Waals surface area contributed by atoms with Crippen molar-refractivity contribution in [3.8, 4) is 16.9 Å². The van der Waals surface area contributed by atoms with Gasteiger partial charge in [0.15, 0.2) is 0 Å². The molecule has 7 heteroatoms. The van der Waals surface area contributed by atoms with Crippen LogP contribution in [-0.2, 0) is 11.2 Å². The standard InChI is InChI=1S/C29H28FN3O3/c1-36-27-12-9-20(30)16-23(27)22-13-14-31-28-24(22)17-25(33-28)19-7-10-21(11-8-19)32-26(29(34)35)15-18-5-3-2-4-6-18/h2-7,9,12-14,16-17,21,26,32H,8,10-11,15H2,1H3,(H,31,33)(H,34,35)/t21?,26-/m0/s1. The highest BCUT2D eigenvalue weighted by molar-refractivity contribution is 5.96. The Hall–Kier alpha value is -3.97. The van der Waals surface area contributed by atoms with Crippen molar-refractivity contribution in [2.75, 3.05) is 7.11 Å². The summed E-state index contributed by atoms with van der Waals surface area (Å²) in [6.07, 6.45) is 6.69. The summed E-state index contributed by atoms with van der Waals surface area (Å²) < 4.78 is 19.5. The van der Waals surface area contributed by atoms with Crippen LogP contribution in [0.3, 0.4) is 0 Å². The number of ether oxygens (including phenoxy) is 1. The predicted molar refractivity (Wildman–Crippen MR) is 138 cm³/mol. The van der Waals surface area contributed by atoms with E-state index < -0.39 is 12.0 Å². The number of nitrogens with one attached hydrogen (secondary N) is 2. The number of nitrogens with zero attached hydrogens (tertiary/aromatic N) is 1. The van der Waals surface area contributed by atoms with Crippen LogP contribution in [-0.4, -0.2) is 40.2 Å². The number of pyridine rings is 1. The average molecular weight is 486 g/mol. The monoisotopic (exact) mass is 485 g/mol. The Morgan fingerprint density at radius 3 is 2.75 bits per heavy atom. The number of hydrogen-bond acceptors (Lipinski definition) is 4. The van der Waals surface area contributed by atoms with E-state index >= 15 is 0 Å². The van der Waals surface area contributed by atoms with Gasteiger partial charge in [0, 0.05) is 28.9 Å². The van der Waals surface area contributed by atoms with Crippen molar-refractivity contribution >= 4 is 22.6 Å². The molecule has 0 spiro atoms. The molecule has 4 aromatic rings. The first-order chi connectivity index (χ1) is 17.5. The molecular weight excluding hydrogens is 457 g/mol. The quantitative estimate of drug-likeness (QED) is 0.302. The fourth-order valence-electron chi connectivity index (χ4n) is 4.91. The van der Waals surface area contributed by atoms with E-state index in [1.807, 2.05) is 36.4 Å². The second kappa shape index (κ2) is 10.3. The molecule has 1 unspecified atom stereocenters. The summed E-state index contributed by atoms with van der Waals surface area (Å²) in [6, 6.07) is 17.6. The molecule has 0 fully saturated rings. The fourth-order valence-corrected chi connectivity index (χ4v) is 4.91. The van der Waals surface area contributed by atoms with Gasteiger partial charge in [0.05, 0.1) is 7.11 Å². The Labute approximate surface area is 208 Å². The Morgan fingerprint density at radius 2 is 2.03 bits per heavy atom. The number of aromatic nitrogens is 2. The van der Waals surface area contributed by atoms with E-state index in [2.05, 4.69) is 27.4 Å². The van der Waals surface area contributed by atoms with E-state index in [9.17, 15) is 14.3 Å². The molecule has 0 radical (unpaired) electrons. The van der Waals surface area contributed by atoms with Crippen molar-refractivity contribution in [2.45, 2.75) is 37.8 Å². The SMILES string of the molecule is COc1ccc(F)cc1-c1ccnc2[nH]c(C3=CCC(N[C@@H](Cc4ccccc4)C(=O)O)CC3)cc12. The number of aliphatic carboxylic acids is 1. The van der Waals surface area contributed by atoms with Crippen molar-refractivity contribution in [2.24, 2.45) is 0 Å². The Kier molecular flexibility index (Phi) is 6.82. The molecule has 0 aliphatic heterocycles. The molecular formula is C29H28FN3O3. The summed E-state index contributed by atoms with van der Waals surface area (Å²) in [5.74, 6) is -0.566. The molecule has 2 atom stereocenters. The zero-order valence-electron chi connectivity index (χ0n) is 20.0. The Morgan fingerprint density at radius 1 is 1.19 bits per heavy atom. The third kappa shape index (κ3) is 5.02. The number of rotatable bonds is 8. The minimum Gasteiger partial charge on any atom is -0.496 e. The first-order valence-corrected chi connectivity index (χ1v) is 12.1. The van der Waals surface area contributed by atoms with Gasteiger partial charge in [-0.05, 0) is 72.7 Å². The van der Waals surface area contributed by atoms with E-state index in [-0.39, 0.29) is 11.9 Å². The summed E-state index contributed by atoms with van der Waals surface area (Å²) in [5, 5.41) is 14.0. The highest BCUT2D eigenvalue weighted by Gasteiger charge is 2.24. The minimum atomic E-state index is -0.837. The lowest BCUT2D eigenvalue weighted by Gasteiger charge is -2.26. The van der Waals surface area contributed by atoms with Gasteiger partial charge in [-0.3, -0.25) is 4.79 Å². The average Bonchev–Trinajstić information content (AvgIpc) is 3.34. The lowest BCUT2D eigenvalue weighted by molar-refractivity contribution is -0.139. The number of carboxylic acid groups (broad SMARTS) is 1. The molecule has 1 aliphatic carbocycles. The third-order valence-electron chi connectivity index (χ3n) is 6.76. The lowest BCUT2D eigenvalue weighted by atomic mass is 9.92. The molecule has 0 saturated carbocycles. The van der Waals surface area contributed by atoms with E-state index in [1.54, 1.807) is 19.4 Å². The van der Waals surface area contributed by atoms with Crippen LogP contribution in [0.2, 0.25) is 0 Å². The smallest absolute Gasteiger partial charge is 0.321 e. The molecule has 36 heavy (non-hydrogen) atoms. The number of hydrogen-bond donors (Lipinski definition) is 3. The van der Waals surface area contributed by atoms with Gasteiger partial charge in [0.25, 0.3) is 0 Å². The van der Waals surface area contributed by atoms with Crippen molar-refractivity contribution in [3.63, 3.8) is 0 Å². The first-order valence-electron chi connectivity index (χ1n) is 12.1. The van der Waals surface area contributed by atoms with Crippen molar-refractivity contribution in [1.82, 2.24) is 15.3 Å². The van der Waals surface area contributed by atoms with Gasteiger partial charge in [-0.2, -0.15) is 0 Å². The van der Waals surface area contributed by atoms with Crippen LogP contribution in [0, 0.1) is 5.82 Å². The number of aromatic amines is 1. The molecule has 1 aliphatic rings. The summed E-state index contributed by atoms with van der Waals surface area (Å²) in [5.41, 5.74) is 5.39. The molecule has 0 saturated heterocycles. The predicted octanol–water partition coefficient (Wildman–Crippen LogP) is 5.60. The molecule has 0 bridgehead atoms. The highest BCUT2D eigenvalue weighted by atomic mass is 19.1. The largest absolute Gasteiger partial charge is 0.496 e. The fraction of sp³-hybridized carbons (Fsp3) is 0.241. The number of methoxy groups -OCH3 is 1. The summed E-state index contributed by atoms with van der Waals surface area (Å²) >= 11 is 0. The van der Waals surface area contributed by atoms with Crippen LogP contribution in [0.4, 0.5) is 4.39 Å². The zero-order chi connectivity index (χ0) is 25.1. The van der Waals surface area contributed by atoms with Gasteiger partial charge in [-0.15, -0.1) is 0 Å².